The average Bonchev–Trinajstić information content (AvgIpc) is 3.05. The van der Waals surface area contributed by atoms with Crippen LogP contribution < -0.4 is 20.1 Å². The van der Waals surface area contributed by atoms with Gasteiger partial charge in [0.2, 0.25) is 0 Å². The fourth-order valence-electron chi connectivity index (χ4n) is 1.73. The lowest BCUT2D eigenvalue weighted by molar-refractivity contribution is -0.110. The number of carbonyl (C=O) groups is 1. The van der Waals surface area contributed by atoms with Gasteiger partial charge < -0.3 is 24.5 Å². The Morgan fingerprint density at radius 2 is 1.91 bits per heavy atom. The predicted molar refractivity (Wildman–Crippen MR) is 86.3 cm³/mol. The first-order valence-electron chi connectivity index (χ1n) is 6.47. The van der Waals surface area contributed by atoms with Gasteiger partial charge in [0, 0.05) is 23.9 Å². The maximum absolute atomic E-state index is 12.0. The van der Waals surface area contributed by atoms with Crippen LogP contribution in [0.25, 0.3) is 0 Å². The van der Waals surface area contributed by atoms with Crippen molar-refractivity contribution < 1.29 is 18.7 Å². The van der Waals surface area contributed by atoms with Crippen molar-refractivity contribution in [1.29, 1.82) is 0 Å². The van der Waals surface area contributed by atoms with E-state index in [9.17, 15) is 4.79 Å². The number of benzene rings is 1. The summed E-state index contributed by atoms with van der Waals surface area (Å²) >= 11 is 5.04. The highest BCUT2D eigenvalue weighted by atomic mass is 32.1. The molecule has 0 aliphatic carbocycles. The van der Waals surface area contributed by atoms with Gasteiger partial charge in [-0.1, -0.05) is 12.2 Å². The van der Waals surface area contributed by atoms with Crippen molar-refractivity contribution in [3.05, 3.63) is 42.4 Å². The van der Waals surface area contributed by atoms with Gasteiger partial charge in [-0.3, -0.25) is 4.79 Å². The molecule has 1 aromatic heterocycles. The van der Waals surface area contributed by atoms with Crippen LogP contribution >= 0.6 is 12.2 Å². The van der Waals surface area contributed by atoms with Gasteiger partial charge >= 0.3 is 0 Å². The van der Waals surface area contributed by atoms with E-state index in [2.05, 4.69) is 10.6 Å². The van der Waals surface area contributed by atoms with E-state index in [4.69, 9.17) is 26.1 Å². The maximum atomic E-state index is 12.0. The lowest BCUT2D eigenvalue weighted by Gasteiger charge is -2.11. The molecular weight excluding hydrogens is 304 g/mol. The maximum Gasteiger partial charge on any atom is 0.283 e. The van der Waals surface area contributed by atoms with Gasteiger partial charge in [-0.25, -0.2) is 0 Å². The van der Waals surface area contributed by atoms with Crippen molar-refractivity contribution in [3.8, 4) is 11.5 Å². The molecule has 0 atom stereocenters. The molecule has 22 heavy (non-hydrogen) atoms. The molecule has 0 saturated carbocycles. The molecule has 1 heterocycles. The van der Waals surface area contributed by atoms with Crippen LogP contribution in [-0.2, 0) is 11.3 Å². The zero-order valence-corrected chi connectivity index (χ0v) is 13.0. The Bertz CT molecular complexity index is 633. The highest BCUT2D eigenvalue weighted by Gasteiger charge is 2.11. The van der Waals surface area contributed by atoms with Crippen molar-refractivity contribution in [2.75, 3.05) is 19.5 Å². The number of anilines is 1. The number of carbonyl (C=O) groups excluding carboxylic acids is 1. The van der Waals surface area contributed by atoms with Gasteiger partial charge in [0.15, 0.2) is 4.99 Å². The van der Waals surface area contributed by atoms with Crippen molar-refractivity contribution in [3.63, 3.8) is 0 Å². The molecule has 0 radical (unpaired) electrons. The molecule has 6 nitrogen and oxygen atoms in total. The Labute approximate surface area is 133 Å². The van der Waals surface area contributed by atoms with E-state index in [0.717, 1.165) is 0 Å². The monoisotopic (exact) mass is 320 g/mol. The third kappa shape index (κ3) is 4.23. The molecule has 2 rings (SSSR count). The lowest BCUT2D eigenvalue weighted by Crippen LogP contribution is -2.33. The molecule has 116 valence electrons. The van der Waals surface area contributed by atoms with E-state index in [0.29, 0.717) is 29.5 Å². The Hall–Kier alpha value is -2.54. The Kier molecular flexibility index (Phi) is 5.37. The third-order valence-electron chi connectivity index (χ3n) is 2.82. The minimum absolute atomic E-state index is 0.0678. The number of nitrogens with one attached hydrogen (secondary N) is 2. The van der Waals surface area contributed by atoms with Crippen LogP contribution in [0.4, 0.5) is 5.69 Å². The molecule has 0 unspecified atom stereocenters. The van der Waals surface area contributed by atoms with Gasteiger partial charge in [-0.15, -0.1) is 0 Å². The SMILES string of the molecule is COc1cc(NC(=O)C(=S)NCc2ccco2)cc(OC)c1. The number of amides is 1. The van der Waals surface area contributed by atoms with Gasteiger partial charge in [0.1, 0.15) is 17.3 Å². The van der Waals surface area contributed by atoms with Crippen LogP contribution in [0.15, 0.2) is 41.0 Å². The predicted octanol–water partition coefficient (Wildman–Crippen LogP) is 2.35. The molecule has 1 aromatic carbocycles. The van der Waals surface area contributed by atoms with Gasteiger partial charge in [-0.05, 0) is 12.1 Å². The number of ether oxygens (including phenoxy) is 2. The summed E-state index contributed by atoms with van der Waals surface area (Å²) in [5.74, 6) is 1.42. The van der Waals surface area contributed by atoms with Crippen LogP contribution in [0.3, 0.4) is 0 Å². The van der Waals surface area contributed by atoms with E-state index in [1.807, 2.05) is 0 Å². The molecule has 0 aliphatic heterocycles. The first-order chi connectivity index (χ1) is 10.6. The van der Waals surface area contributed by atoms with Gasteiger partial charge in [-0.2, -0.15) is 0 Å². The topological polar surface area (TPSA) is 72.7 Å². The van der Waals surface area contributed by atoms with Crippen LogP contribution in [0.2, 0.25) is 0 Å². The van der Waals surface area contributed by atoms with Gasteiger partial charge in [0.05, 0.1) is 27.0 Å². The van der Waals surface area contributed by atoms with Gasteiger partial charge in [0.25, 0.3) is 5.91 Å². The van der Waals surface area contributed by atoms with E-state index >= 15 is 0 Å². The van der Waals surface area contributed by atoms with E-state index < -0.39 is 5.91 Å². The summed E-state index contributed by atoms with van der Waals surface area (Å²) in [6.07, 6.45) is 1.56. The van der Waals surface area contributed by atoms with Crippen LogP contribution in [0.5, 0.6) is 11.5 Å². The molecule has 0 aliphatic rings. The van der Waals surface area contributed by atoms with Crippen LogP contribution in [-0.4, -0.2) is 25.1 Å². The second kappa shape index (κ2) is 7.46. The molecule has 0 fully saturated rings. The smallest absolute Gasteiger partial charge is 0.283 e. The number of methoxy groups -OCH3 is 2. The quantitative estimate of drug-likeness (QED) is 0.824. The molecule has 0 saturated heterocycles. The largest absolute Gasteiger partial charge is 0.497 e. The number of rotatable bonds is 5. The zero-order chi connectivity index (χ0) is 15.9. The summed E-state index contributed by atoms with van der Waals surface area (Å²) < 4.78 is 15.4. The minimum Gasteiger partial charge on any atom is -0.497 e. The Morgan fingerprint density at radius 3 is 2.45 bits per heavy atom. The van der Waals surface area contributed by atoms with Crippen molar-refractivity contribution in [1.82, 2.24) is 5.32 Å². The summed E-state index contributed by atoms with van der Waals surface area (Å²) in [4.78, 5) is 12.1. The Balaban J connectivity index is 1.97. The molecular formula is C15H16N2O4S. The average molecular weight is 320 g/mol. The number of hydrogen-bond acceptors (Lipinski definition) is 5. The first-order valence-corrected chi connectivity index (χ1v) is 6.88. The number of thiocarbonyl (C=S) groups is 1. The summed E-state index contributed by atoms with van der Waals surface area (Å²) in [7, 11) is 3.08. The fourth-order valence-corrected chi connectivity index (χ4v) is 1.85. The fraction of sp³-hybridized carbons (Fsp3) is 0.200. The zero-order valence-electron chi connectivity index (χ0n) is 12.2. The summed E-state index contributed by atoms with van der Waals surface area (Å²) in [6.45, 7) is 0.348. The van der Waals surface area contributed by atoms with Crippen molar-refractivity contribution in [2.24, 2.45) is 0 Å². The van der Waals surface area contributed by atoms with Crippen molar-refractivity contribution in [2.45, 2.75) is 6.54 Å². The molecule has 0 spiro atoms. The first kappa shape index (κ1) is 15.8. The lowest BCUT2D eigenvalue weighted by atomic mass is 10.2. The second-order valence-corrected chi connectivity index (χ2v) is 4.73. The van der Waals surface area contributed by atoms with E-state index in [1.165, 1.54) is 14.2 Å². The minimum atomic E-state index is -0.420. The normalized spacial score (nSPS) is 9.91. The second-order valence-electron chi connectivity index (χ2n) is 4.32. The summed E-state index contributed by atoms with van der Waals surface area (Å²) in [5.41, 5.74) is 0.531. The number of furan rings is 1. The molecule has 0 bridgehead atoms. The summed E-state index contributed by atoms with van der Waals surface area (Å²) in [5, 5.41) is 5.51. The highest BCUT2D eigenvalue weighted by Crippen LogP contribution is 2.25. The van der Waals surface area contributed by atoms with E-state index in [1.54, 1.807) is 36.6 Å². The number of hydrogen-bond donors (Lipinski definition) is 2. The Morgan fingerprint density at radius 1 is 1.23 bits per heavy atom. The summed E-state index contributed by atoms with van der Waals surface area (Å²) in [6, 6.07) is 8.62. The molecule has 7 heteroatoms. The van der Waals surface area contributed by atoms with E-state index in [-0.39, 0.29) is 4.99 Å². The molecule has 2 aromatic rings. The standard InChI is InChI=1S/C15H16N2O4S/c1-19-12-6-10(7-13(8-12)20-2)17-14(18)15(22)16-9-11-4-3-5-21-11/h3-8H,9H2,1-2H3,(H,16,22)(H,17,18). The molecule has 2 N–H and O–H groups in total. The molecule has 1 amide bonds. The van der Waals surface area contributed by atoms with Crippen molar-refractivity contribution >= 4 is 28.8 Å². The van der Waals surface area contributed by atoms with Crippen LogP contribution in [0.1, 0.15) is 5.76 Å². The third-order valence-corrected chi connectivity index (χ3v) is 3.15. The highest BCUT2D eigenvalue weighted by molar-refractivity contribution is 7.82. The van der Waals surface area contributed by atoms with Crippen LogP contribution in [0, 0.1) is 0 Å².